The van der Waals surface area contributed by atoms with Gasteiger partial charge >= 0.3 is 0 Å². The Labute approximate surface area is 239 Å². The van der Waals surface area contributed by atoms with Crippen LogP contribution < -0.4 is 10.1 Å². The minimum atomic E-state index is -0.516. The van der Waals surface area contributed by atoms with E-state index in [1.807, 2.05) is 25.3 Å². The van der Waals surface area contributed by atoms with E-state index in [1.54, 1.807) is 0 Å². The second-order valence-electron chi connectivity index (χ2n) is 11.0. The van der Waals surface area contributed by atoms with E-state index in [0.29, 0.717) is 13.2 Å². The summed E-state index contributed by atoms with van der Waals surface area (Å²) in [5, 5.41) is 14.2. The lowest BCUT2D eigenvalue weighted by Crippen LogP contribution is -2.53. The van der Waals surface area contributed by atoms with Gasteiger partial charge in [0.1, 0.15) is 24.7 Å². The molecule has 40 heavy (non-hydrogen) atoms. The van der Waals surface area contributed by atoms with Crippen molar-refractivity contribution < 1.29 is 14.6 Å². The van der Waals surface area contributed by atoms with Gasteiger partial charge in [0.25, 0.3) is 0 Å². The van der Waals surface area contributed by atoms with E-state index in [1.165, 1.54) is 16.7 Å². The molecular formula is C33H44N4O3. The Morgan fingerprint density at radius 1 is 1.00 bits per heavy atom. The molecule has 7 heteroatoms. The first-order valence-electron chi connectivity index (χ1n) is 14.7. The molecule has 0 amide bonds. The Kier molecular flexibility index (Phi) is 10.5. The van der Waals surface area contributed by atoms with Crippen LogP contribution in [0.1, 0.15) is 24.0 Å². The highest BCUT2D eigenvalue weighted by Gasteiger charge is 2.26. The minimum Gasteiger partial charge on any atom is -0.490 e. The molecule has 2 N–H and O–H groups in total. The number of methoxy groups -OCH3 is 1. The predicted molar refractivity (Wildman–Crippen MR) is 161 cm³/mol. The van der Waals surface area contributed by atoms with Gasteiger partial charge in [0.15, 0.2) is 0 Å². The van der Waals surface area contributed by atoms with Crippen molar-refractivity contribution in [1.29, 1.82) is 0 Å². The monoisotopic (exact) mass is 544 g/mol. The number of nitrogens with one attached hydrogen (secondary N) is 1. The van der Waals surface area contributed by atoms with Crippen molar-refractivity contribution in [3.05, 3.63) is 89.2 Å². The van der Waals surface area contributed by atoms with Crippen LogP contribution >= 0.6 is 0 Å². The SMILES string of the molecule is COC(CN1CCN(CC(O)COc2cccc3c2CCCN3)CC1)N(CC1=C=CC=CC1)Cc1ccccc1. The lowest BCUT2D eigenvalue weighted by Gasteiger charge is -2.39. The van der Waals surface area contributed by atoms with Gasteiger partial charge in [-0.2, -0.15) is 0 Å². The maximum atomic E-state index is 10.7. The Morgan fingerprint density at radius 3 is 2.55 bits per heavy atom. The number of rotatable bonds is 13. The molecule has 3 aliphatic rings. The fourth-order valence-corrected chi connectivity index (χ4v) is 5.80. The fourth-order valence-electron chi connectivity index (χ4n) is 5.80. The number of aliphatic hydroxyl groups is 1. The zero-order valence-corrected chi connectivity index (χ0v) is 23.8. The van der Waals surface area contributed by atoms with Crippen LogP contribution in [0.3, 0.4) is 0 Å². The van der Waals surface area contributed by atoms with Gasteiger partial charge in [0.05, 0.1) is 0 Å². The Hall–Kier alpha value is -2.90. The number of allylic oxidation sites excluding steroid dienone is 2. The molecule has 1 saturated heterocycles. The molecule has 2 aromatic carbocycles. The molecule has 2 atom stereocenters. The van der Waals surface area contributed by atoms with E-state index in [0.717, 1.165) is 83.1 Å². The van der Waals surface area contributed by atoms with E-state index in [-0.39, 0.29) is 6.23 Å². The summed E-state index contributed by atoms with van der Waals surface area (Å²) in [5.74, 6) is 0.898. The van der Waals surface area contributed by atoms with E-state index >= 15 is 0 Å². The zero-order chi connectivity index (χ0) is 27.6. The maximum Gasteiger partial charge on any atom is 0.124 e. The lowest BCUT2D eigenvalue weighted by atomic mass is 10.0. The van der Waals surface area contributed by atoms with Crippen LogP contribution in [-0.2, 0) is 17.7 Å². The van der Waals surface area contributed by atoms with Crippen LogP contribution in [-0.4, -0.2) is 98.2 Å². The van der Waals surface area contributed by atoms with Gasteiger partial charge in [-0.3, -0.25) is 14.7 Å². The summed E-state index contributed by atoms with van der Waals surface area (Å²) in [6.07, 6.45) is 8.80. The second kappa shape index (κ2) is 14.6. The summed E-state index contributed by atoms with van der Waals surface area (Å²) in [7, 11) is 1.82. The number of ether oxygens (including phenoxy) is 2. The molecule has 0 spiro atoms. The standard InChI is InChI=1S/C33H44N4O3/c1-39-33(37(22-27-10-4-2-5-11-27)23-28-12-6-3-7-13-28)25-36-20-18-35(19-21-36)24-29(38)26-40-32-16-8-15-31-30(32)14-9-17-34-31/h2-8,10-11,15-16,29,33-34,38H,9,12,14,17-26H2,1H3. The molecule has 0 radical (unpaired) electrons. The van der Waals surface area contributed by atoms with Gasteiger partial charge in [0, 0.05) is 77.3 Å². The summed E-state index contributed by atoms with van der Waals surface area (Å²) in [4.78, 5) is 7.26. The number of anilines is 1. The van der Waals surface area contributed by atoms with Gasteiger partial charge in [-0.15, -0.1) is 5.73 Å². The maximum absolute atomic E-state index is 10.7. The molecule has 0 aromatic heterocycles. The van der Waals surface area contributed by atoms with Crippen LogP contribution in [0.15, 0.2) is 78.1 Å². The molecule has 214 valence electrons. The number of β-amino-alcohol motifs (C(OH)–C–C–N with tert-alkyl or cyclic N) is 1. The molecular weight excluding hydrogens is 500 g/mol. The molecule has 2 unspecified atom stereocenters. The number of hydrogen-bond acceptors (Lipinski definition) is 7. The van der Waals surface area contributed by atoms with Gasteiger partial charge in [-0.25, -0.2) is 0 Å². The minimum absolute atomic E-state index is 0.0164. The normalized spacial score (nSPS) is 19.1. The van der Waals surface area contributed by atoms with E-state index < -0.39 is 6.10 Å². The first kappa shape index (κ1) is 28.6. The van der Waals surface area contributed by atoms with E-state index in [9.17, 15) is 5.11 Å². The first-order valence-corrected chi connectivity index (χ1v) is 14.7. The molecule has 1 fully saturated rings. The van der Waals surface area contributed by atoms with Crippen LogP contribution in [0.25, 0.3) is 0 Å². The number of benzene rings is 2. The summed E-state index contributed by atoms with van der Waals surface area (Å²) >= 11 is 0. The molecule has 7 nitrogen and oxygen atoms in total. The highest BCUT2D eigenvalue weighted by Crippen LogP contribution is 2.30. The summed E-state index contributed by atoms with van der Waals surface area (Å²) in [6, 6.07) is 16.8. The lowest BCUT2D eigenvalue weighted by molar-refractivity contribution is -0.0597. The highest BCUT2D eigenvalue weighted by molar-refractivity contribution is 5.59. The largest absolute Gasteiger partial charge is 0.490 e. The van der Waals surface area contributed by atoms with Crippen LogP contribution in [0.5, 0.6) is 5.75 Å². The average Bonchev–Trinajstić information content (AvgIpc) is 3.00. The fraction of sp³-hybridized carbons (Fsp3) is 0.485. The average molecular weight is 545 g/mol. The van der Waals surface area contributed by atoms with E-state index in [2.05, 4.69) is 74.3 Å². The Bertz CT molecular complexity index is 1170. The molecule has 2 heterocycles. The van der Waals surface area contributed by atoms with Crippen molar-refractivity contribution in [3.8, 4) is 5.75 Å². The van der Waals surface area contributed by atoms with Crippen molar-refractivity contribution in [3.63, 3.8) is 0 Å². The molecule has 2 aromatic rings. The van der Waals surface area contributed by atoms with Gasteiger partial charge in [-0.05, 0) is 48.6 Å². The molecule has 0 bridgehead atoms. The van der Waals surface area contributed by atoms with Crippen LogP contribution in [0.2, 0.25) is 0 Å². The second-order valence-corrected chi connectivity index (χ2v) is 11.0. The topological polar surface area (TPSA) is 60.4 Å². The van der Waals surface area contributed by atoms with Crippen LogP contribution in [0, 0.1) is 0 Å². The van der Waals surface area contributed by atoms with Crippen LogP contribution in [0.4, 0.5) is 5.69 Å². The number of aliphatic hydroxyl groups excluding tert-OH is 1. The quantitative estimate of drug-likeness (QED) is 0.293. The van der Waals surface area contributed by atoms with Crippen molar-refractivity contribution in [1.82, 2.24) is 14.7 Å². The van der Waals surface area contributed by atoms with Crippen molar-refractivity contribution >= 4 is 5.69 Å². The third-order valence-electron chi connectivity index (χ3n) is 8.02. The number of hydrogen-bond donors (Lipinski definition) is 2. The predicted octanol–water partition coefficient (Wildman–Crippen LogP) is 3.92. The zero-order valence-electron chi connectivity index (χ0n) is 23.8. The van der Waals surface area contributed by atoms with Gasteiger partial charge in [-0.1, -0.05) is 48.6 Å². The van der Waals surface area contributed by atoms with Crippen molar-refractivity contribution in [2.75, 3.05) is 71.4 Å². The third-order valence-corrected chi connectivity index (χ3v) is 8.02. The smallest absolute Gasteiger partial charge is 0.124 e. The number of fused-ring (bicyclic) bond motifs is 1. The van der Waals surface area contributed by atoms with Gasteiger partial charge < -0.3 is 19.9 Å². The molecule has 0 saturated carbocycles. The third kappa shape index (κ3) is 8.07. The van der Waals surface area contributed by atoms with Crippen molar-refractivity contribution in [2.24, 2.45) is 0 Å². The van der Waals surface area contributed by atoms with Crippen molar-refractivity contribution in [2.45, 2.75) is 38.1 Å². The number of nitrogens with zero attached hydrogens (tertiary/aromatic N) is 3. The first-order chi connectivity index (χ1) is 19.7. The van der Waals surface area contributed by atoms with E-state index in [4.69, 9.17) is 9.47 Å². The van der Waals surface area contributed by atoms with Gasteiger partial charge in [0.2, 0.25) is 0 Å². The highest BCUT2D eigenvalue weighted by atomic mass is 16.5. The summed E-state index contributed by atoms with van der Waals surface area (Å²) in [6.45, 7) is 8.23. The summed E-state index contributed by atoms with van der Waals surface area (Å²) in [5.41, 5.74) is 8.39. The summed E-state index contributed by atoms with van der Waals surface area (Å²) < 4.78 is 12.1. The number of piperazine rings is 1. The Morgan fingerprint density at radius 2 is 1.80 bits per heavy atom. The molecule has 5 rings (SSSR count). The molecule has 1 aliphatic carbocycles. The Balaban J connectivity index is 1.10. The molecule has 2 aliphatic heterocycles.